The number of nitrogen functional groups attached to an aromatic ring is 1. The minimum absolute atomic E-state index is 0.128. The molecule has 2 aromatic rings. The molecule has 0 atom stereocenters. The Hall–Kier alpha value is -2.69. The van der Waals surface area contributed by atoms with E-state index in [1.165, 1.54) is 19.2 Å². The fraction of sp³-hybridized carbons (Fsp3) is 0.188. The fourth-order valence-corrected chi connectivity index (χ4v) is 1.99. The average molecular weight is 286 g/mol. The summed E-state index contributed by atoms with van der Waals surface area (Å²) >= 11 is 0. The largest absolute Gasteiger partial charge is 0.507 e. The maximum Gasteiger partial charge on any atom is 0.259 e. The van der Waals surface area contributed by atoms with Crippen LogP contribution < -0.4 is 15.8 Å². The SMILES string of the molecule is COc1ccc(C(=O)Nc2cc(C)c(N)cc2C)c(O)c1. The van der Waals surface area contributed by atoms with E-state index in [1.807, 2.05) is 19.9 Å². The van der Waals surface area contributed by atoms with Crippen LogP contribution in [0.2, 0.25) is 0 Å². The van der Waals surface area contributed by atoms with E-state index < -0.39 is 0 Å². The van der Waals surface area contributed by atoms with Crippen molar-refractivity contribution in [2.24, 2.45) is 0 Å². The molecule has 0 saturated heterocycles. The predicted molar refractivity (Wildman–Crippen MR) is 82.9 cm³/mol. The molecule has 2 aromatic carbocycles. The van der Waals surface area contributed by atoms with Crippen molar-refractivity contribution in [3.63, 3.8) is 0 Å². The van der Waals surface area contributed by atoms with Gasteiger partial charge in [-0.2, -0.15) is 0 Å². The van der Waals surface area contributed by atoms with Crippen LogP contribution in [-0.4, -0.2) is 18.1 Å². The maximum absolute atomic E-state index is 12.2. The standard InChI is InChI=1S/C16H18N2O3/c1-9-7-14(10(2)6-13(9)17)18-16(20)12-5-4-11(21-3)8-15(12)19/h4-8,19H,17H2,1-3H3,(H,18,20). The first-order valence-corrected chi connectivity index (χ1v) is 6.47. The van der Waals surface area contributed by atoms with Gasteiger partial charge in [-0.3, -0.25) is 4.79 Å². The summed E-state index contributed by atoms with van der Waals surface area (Å²) in [5.41, 5.74) is 9.10. The van der Waals surface area contributed by atoms with E-state index in [1.54, 1.807) is 12.1 Å². The number of carbonyl (C=O) groups is 1. The van der Waals surface area contributed by atoms with Crippen molar-refractivity contribution in [2.45, 2.75) is 13.8 Å². The number of rotatable bonds is 3. The third kappa shape index (κ3) is 3.08. The number of methoxy groups -OCH3 is 1. The summed E-state index contributed by atoms with van der Waals surface area (Å²) in [5.74, 6) is -0.0253. The summed E-state index contributed by atoms with van der Waals surface area (Å²) in [7, 11) is 1.50. The molecular weight excluding hydrogens is 268 g/mol. The van der Waals surface area contributed by atoms with Gasteiger partial charge < -0.3 is 20.9 Å². The lowest BCUT2D eigenvalue weighted by Gasteiger charge is -2.12. The smallest absolute Gasteiger partial charge is 0.259 e. The monoisotopic (exact) mass is 286 g/mol. The van der Waals surface area contributed by atoms with Crippen molar-refractivity contribution in [1.82, 2.24) is 0 Å². The van der Waals surface area contributed by atoms with E-state index in [2.05, 4.69) is 5.32 Å². The summed E-state index contributed by atoms with van der Waals surface area (Å²) in [6.07, 6.45) is 0. The number of phenolic OH excluding ortho intramolecular Hbond substituents is 1. The Bertz CT molecular complexity index is 696. The fourth-order valence-electron chi connectivity index (χ4n) is 1.99. The van der Waals surface area contributed by atoms with E-state index in [4.69, 9.17) is 10.5 Å². The molecule has 0 aromatic heterocycles. The Morgan fingerprint density at radius 3 is 2.52 bits per heavy atom. The molecule has 110 valence electrons. The van der Waals surface area contributed by atoms with Gasteiger partial charge in [0.25, 0.3) is 5.91 Å². The van der Waals surface area contributed by atoms with Gasteiger partial charge in [0.1, 0.15) is 11.5 Å². The second-order valence-electron chi connectivity index (χ2n) is 4.86. The van der Waals surface area contributed by atoms with Gasteiger partial charge in [0.15, 0.2) is 0 Å². The van der Waals surface area contributed by atoms with E-state index in [-0.39, 0.29) is 17.2 Å². The minimum atomic E-state index is -0.387. The molecule has 21 heavy (non-hydrogen) atoms. The minimum Gasteiger partial charge on any atom is -0.507 e. The summed E-state index contributed by atoms with van der Waals surface area (Å²) in [4.78, 5) is 12.2. The molecule has 0 aliphatic rings. The lowest BCUT2D eigenvalue weighted by molar-refractivity contribution is 0.102. The van der Waals surface area contributed by atoms with E-state index in [9.17, 15) is 9.90 Å². The van der Waals surface area contributed by atoms with Crippen molar-refractivity contribution in [1.29, 1.82) is 0 Å². The van der Waals surface area contributed by atoms with Gasteiger partial charge in [0.05, 0.1) is 12.7 Å². The van der Waals surface area contributed by atoms with E-state index >= 15 is 0 Å². The molecule has 0 spiro atoms. The highest BCUT2D eigenvalue weighted by Crippen LogP contribution is 2.26. The molecule has 5 heteroatoms. The number of nitrogens with one attached hydrogen (secondary N) is 1. The molecule has 2 rings (SSSR count). The van der Waals surface area contributed by atoms with Crippen LogP contribution in [0.15, 0.2) is 30.3 Å². The number of phenols is 1. The van der Waals surface area contributed by atoms with Crippen LogP contribution in [0.3, 0.4) is 0 Å². The molecule has 1 amide bonds. The number of amides is 1. The molecule has 0 aliphatic heterocycles. The number of anilines is 2. The molecule has 0 bridgehead atoms. The predicted octanol–water partition coefficient (Wildman–Crippen LogP) is 2.85. The topological polar surface area (TPSA) is 84.6 Å². The van der Waals surface area contributed by atoms with Crippen molar-refractivity contribution in [2.75, 3.05) is 18.2 Å². The van der Waals surface area contributed by atoms with Gasteiger partial charge >= 0.3 is 0 Å². The summed E-state index contributed by atoms with van der Waals surface area (Å²) in [6, 6.07) is 8.15. The van der Waals surface area contributed by atoms with Gasteiger partial charge in [-0.25, -0.2) is 0 Å². The number of carbonyl (C=O) groups excluding carboxylic acids is 1. The first kappa shape index (κ1) is 14.7. The van der Waals surface area contributed by atoms with Crippen molar-refractivity contribution < 1.29 is 14.6 Å². The summed E-state index contributed by atoms with van der Waals surface area (Å²) < 4.78 is 4.99. The second kappa shape index (κ2) is 5.75. The van der Waals surface area contributed by atoms with Crippen LogP contribution >= 0.6 is 0 Å². The Morgan fingerprint density at radius 1 is 1.19 bits per heavy atom. The number of benzene rings is 2. The highest BCUT2D eigenvalue weighted by Gasteiger charge is 2.13. The zero-order valence-electron chi connectivity index (χ0n) is 12.2. The zero-order chi connectivity index (χ0) is 15.6. The van der Waals surface area contributed by atoms with Crippen LogP contribution in [0.5, 0.6) is 11.5 Å². The molecule has 4 N–H and O–H groups in total. The number of hydrogen-bond acceptors (Lipinski definition) is 4. The van der Waals surface area contributed by atoms with Gasteiger partial charge in [0.2, 0.25) is 0 Å². The van der Waals surface area contributed by atoms with Gasteiger partial charge in [-0.1, -0.05) is 0 Å². The molecule has 0 saturated carbocycles. The number of aromatic hydroxyl groups is 1. The van der Waals surface area contributed by atoms with Gasteiger partial charge in [-0.05, 0) is 49.2 Å². The number of ether oxygens (including phenoxy) is 1. The van der Waals surface area contributed by atoms with Crippen molar-refractivity contribution >= 4 is 17.3 Å². The van der Waals surface area contributed by atoms with Crippen LogP contribution in [0.25, 0.3) is 0 Å². The first-order valence-electron chi connectivity index (χ1n) is 6.47. The van der Waals surface area contributed by atoms with Crippen LogP contribution in [0.4, 0.5) is 11.4 Å². The zero-order valence-corrected chi connectivity index (χ0v) is 12.2. The lowest BCUT2D eigenvalue weighted by Crippen LogP contribution is -2.13. The van der Waals surface area contributed by atoms with E-state index in [0.29, 0.717) is 17.1 Å². The van der Waals surface area contributed by atoms with Crippen molar-refractivity contribution in [3.05, 3.63) is 47.0 Å². The number of hydrogen-bond donors (Lipinski definition) is 3. The quantitative estimate of drug-likeness (QED) is 0.757. The average Bonchev–Trinajstić information content (AvgIpc) is 2.44. The molecule has 5 nitrogen and oxygen atoms in total. The van der Waals surface area contributed by atoms with Crippen LogP contribution in [0, 0.1) is 13.8 Å². The molecular formula is C16H18N2O3. The van der Waals surface area contributed by atoms with Crippen LogP contribution in [-0.2, 0) is 0 Å². The highest BCUT2D eigenvalue weighted by atomic mass is 16.5. The Labute approximate surface area is 123 Å². The second-order valence-corrected chi connectivity index (χ2v) is 4.86. The van der Waals surface area contributed by atoms with E-state index in [0.717, 1.165) is 11.1 Å². The molecule has 0 aliphatic carbocycles. The summed E-state index contributed by atoms with van der Waals surface area (Å²) in [6.45, 7) is 3.73. The molecule has 0 fully saturated rings. The third-order valence-electron chi connectivity index (χ3n) is 3.31. The Balaban J connectivity index is 2.28. The normalized spacial score (nSPS) is 10.2. The van der Waals surface area contributed by atoms with Crippen LogP contribution in [0.1, 0.15) is 21.5 Å². The van der Waals surface area contributed by atoms with Gasteiger partial charge in [0, 0.05) is 17.4 Å². The van der Waals surface area contributed by atoms with Gasteiger partial charge in [-0.15, -0.1) is 0 Å². The Morgan fingerprint density at radius 2 is 1.90 bits per heavy atom. The molecule has 0 unspecified atom stereocenters. The first-order chi connectivity index (χ1) is 9.92. The Kier molecular flexibility index (Phi) is 4.03. The number of nitrogens with two attached hydrogens (primary N) is 1. The highest BCUT2D eigenvalue weighted by molar-refractivity contribution is 6.06. The third-order valence-corrected chi connectivity index (χ3v) is 3.31. The number of aryl methyl sites for hydroxylation is 2. The lowest BCUT2D eigenvalue weighted by atomic mass is 10.1. The van der Waals surface area contributed by atoms with Crippen molar-refractivity contribution in [3.8, 4) is 11.5 Å². The molecule has 0 radical (unpaired) electrons. The molecule has 0 heterocycles. The maximum atomic E-state index is 12.2. The summed E-state index contributed by atoms with van der Waals surface area (Å²) in [5, 5.41) is 12.7.